The van der Waals surface area contributed by atoms with Crippen LogP contribution in [0.15, 0.2) is 10.3 Å². The van der Waals surface area contributed by atoms with Crippen molar-refractivity contribution in [1.82, 2.24) is 5.32 Å². The van der Waals surface area contributed by atoms with Gasteiger partial charge in [0, 0.05) is 17.9 Å². The summed E-state index contributed by atoms with van der Waals surface area (Å²) in [7, 11) is 0. The summed E-state index contributed by atoms with van der Waals surface area (Å²) < 4.78 is 0. The van der Waals surface area contributed by atoms with Crippen molar-refractivity contribution >= 4 is 11.7 Å². The molecule has 1 rings (SSSR count). The van der Waals surface area contributed by atoms with Gasteiger partial charge in [-0.25, -0.2) is 0 Å². The Morgan fingerprint density at radius 1 is 1.53 bits per heavy atom. The minimum atomic E-state index is -0.0381. The lowest BCUT2D eigenvalue weighted by Gasteiger charge is -2.22. The predicted octanol–water partition coefficient (Wildman–Crippen LogP) is 0.949. The third-order valence-corrected chi connectivity index (χ3v) is 3.68. The van der Waals surface area contributed by atoms with Crippen LogP contribution in [0.3, 0.4) is 0 Å². The summed E-state index contributed by atoms with van der Waals surface area (Å²) in [6, 6.07) is 0.0123. The van der Waals surface area contributed by atoms with Gasteiger partial charge in [0.25, 0.3) is 0 Å². The lowest BCUT2D eigenvalue weighted by Crippen LogP contribution is -2.44. The quantitative estimate of drug-likeness (QED) is 0.237. The molecule has 0 unspecified atom stereocenters. The van der Waals surface area contributed by atoms with Crippen molar-refractivity contribution in [2.75, 3.05) is 6.54 Å². The topological polar surface area (TPSA) is 130 Å². The maximum Gasteiger partial charge on any atom is 0.223 e. The van der Waals surface area contributed by atoms with Gasteiger partial charge in [0.05, 0.1) is 0 Å². The number of hydrogen-bond donors (Lipinski definition) is 4. The van der Waals surface area contributed by atoms with E-state index in [1.807, 2.05) is 6.92 Å². The molecule has 1 fully saturated rings. The van der Waals surface area contributed by atoms with Crippen LogP contribution in [0.2, 0.25) is 0 Å². The van der Waals surface area contributed by atoms with E-state index in [4.69, 9.17) is 17.0 Å². The molecule has 0 spiro atoms. The molecule has 0 aromatic rings. The van der Waals surface area contributed by atoms with Crippen LogP contribution in [-0.2, 0) is 4.79 Å². The standard InChI is InChI=1S/C12H24N6O/c1-8(4-3-7-13)12(19)16-10-6-2-5-9(10)11(14)17-18-15/h8-10H,2-7,13H2,1H3,(H,16,19)(H3,14,15,17)/t8-,9+,10-/m0/s1. The number of amides is 1. The SMILES string of the molecule is C[C@@H](CCCN)C(=O)N[C@H]1CCC[C@H]1/C(N)=N/N=N. The number of carbonyl (C=O) groups excluding carboxylic acids is 1. The molecule has 0 aromatic heterocycles. The molecule has 0 radical (unpaired) electrons. The normalized spacial score (nSPS) is 25.1. The first-order valence-corrected chi connectivity index (χ1v) is 6.80. The van der Waals surface area contributed by atoms with E-state index >= 15 is 0 Å². The highest BCUT2D eigenvalue weighted by atomic mass is 16.1. The number of carbonyl (C=O) groups is 1. The smallest absolute Gasteiger partial charge is 0.223 e. The van der Waals surface area contributed by atoms with Crippen LogP contribution in [0.4, 0.5) is 0 Å². The molecule has 0 aliphatic heterocycles. The van der Waals surface area contributed by atoms with E-state index in [1.165, 1.54) is 0 Å². The van der Waals surface area contributed by atoms with E-state index in [0.717, 1.165) is 32.1 Å². The van der Waals surface area contributed by atoms with Crippen molar-refractivity contribution in [3.8, 4) is 0 Å². The zero-order chi connectivity index (χ0) is 14.3. The van der Waals surface area contributed by atoms with Crippen molar-refractivity contribution in [1.29, 1.82) is 5.53 Å². The first-order valence-electron chi connectivity index (χ1n) is 6.80. The summed E-state index contributed by atoms with van der Waals surface area (Å²) in [5.41, 5.74) is 17.9. The van der Waals surface area contributed by atoms with Gasteiger partial charge in [-0.15, -0.1) is 5.10 Å². The molecular weight excluding hydrogens is 244 g/mol. The second kappa shape index (κ2) is 7.83. The number of nitrogens with one attached hydrogen (secondary N) is 2. The van der Waals surface area contributed by atoms with Gasteiger partial charge in [-0.3, -0.25) is 4.79 Å². The zero-order valence-electron chi connectivity index (χ0n) is 11.4. The van der Waals surface area contributed by atoms with Crippen molar-refractivity contribution in [3.63, 3.8) is 0 Å². The predicted molar refractivity (Wildman–Crippen MR) is 73.5 cm³/mol. The monoisotopic (exact) mass is 268 g/mol. The molecule has 0 aromatic carbocycles. The zero-order valence-corrected chi connectivity index (χ0v) is 11.4. The van der Waals surface area contributed by atoms with Crippen LogP contribution in [0.25, 0.3) is 0 Å². The number of nitrogens with two attached hydrogens (primary N) is 2. The summed E-state index contributed by atoms with van der Waals surface area (Å²) >= 11 is 0. The minimum Gasteiger partial charge on any atom is -0.385 e. The van der Waals surface area contributed by atoms with Crippen LogP contribution < -0.4 is 16.8 Å². The Hall–Kier alpha value is -1.50. The Morgan fingerprint density at radius 2 is 2.26 bits per heavy atom. The van der Waals surface area contributed by atoms with Crippen LogP contribution in [-0.4, -0.2) is 24.3 Å². The number of rotatable bonds is 7. The molecule has 0 heterocycles. The number of hydrogen-bond acceptors (Lipinski definition) is 4. The molecule has 3 atom stereocenters. The second-order valence-corrected chi connectivity index (χ2v) is 5.11. The van der Waals surface area contributed by atoms with Gasteiger partial charge in [-0.05, 0) is 32.2 Å². The minimum absolute atomic E-state index is 0.000224. The number of nitrogens with zero attached hydrogens (tertiary/aromatic N) is 2. The lowest BCUT2D eigenvalue weighted by atomic mass is 10.00. The van der Waals surface area contributed by atoms with E-state index in [-0.39, 0.29) is 23.8 Å². The van der Waals surface area contributed by atoms with Gasteiger partial charge >= 0.3 is 0 Å². The largest absolute Gasteiger partial charge is 0.385 e. The molecule has 1 saturated carbocycles. The summed E-state index contributed by atoms with van der Waals surface area (Å²) in [6.45, 7) is 2.51. The van der Waals surface area contributed by atoms with Gasteiger partial charge in [-0.2, -0.15) is 5.53 Å². The molecule has 7 nitrogen and oxygen atoms in total. The third-order valence-electron chi connectivity index (χ3n) is 3.68. The fraction of sp³-hybridized carbons (Fsp3) is 0.833. The average Bonchev–Trinajstić information content (AvgIpc) is 2.84. The van der Waals surface area contributed by atoms with Gasteiger partial charge in [0.1, 0.15) is 5.84 Å². The molecule has 7 heteroatoms. The number of amidine groups is 1. The van der Waals surface area contributed by atoms with Gasteiger partial charge in [0.2, 0.25) is 5.91 Å². The second-order valence-electron chi connectivity index (χ2n) is 5.11. The fourth-order valence-electron chi connectivity index (χ4n) is 2.50. The molecular formula is C12H24N6O. The van der Waals surface area contributed by atoms with Crippen LogP contribution in [0.1, 0.15) is 39.0 Å². The first kappa shape index (κ1) is 15.6. The first-order chi connectivity index (χ1) is 9.10. The maximum atomic E-state index is 12.0. The van der Waals surface area contributed by atoms with Gasteiger partial charge in [-0.1, -0.05) is 18.6 Å². The molecule has 0 saturated heterocycles. The molecule has 0 bridgehead atoms. The molecule has 1 amide bonds. The van der Waals surface area contributed by atoms with Crippen molar-refractivity contribution < 1.29 is 4.79 Å². The summed E-state index contributed by atoms with van der Waals surface area (Å²) in [6.07, 6.45) is 4.43. The Bertz CT molecular complexity index is 343. The maximum absolute atomic E-state index is 12.0. The van der Waals surface area contributed by atoms with E-state index in [9.17, 15) is 4.79 Å². The van der Waals surface area contributed by atoms with E-state index < -0.39 is 0 Å². The Labute approximate surface area is 113 Å². The van der Waals surface area contributed by atoms with Gasteiger partial charge < -0.3 is 16.8 Å². The highest BCUT2D eigenvalue weighted by Crippen LogP contribution is 2.26. The molecule has 19 heavy (non-hydrogen) atoms. The molecule has 108 valence electrons. The van der Waals surface area contributed by atoms with Gasteiger partial charge in [0.15, 0.2) is 0 Å². The van der Waals surface area contributed by atoms with E-state index in [1.54, 1.807) is 0 Å². The van der Waals surface area contributed by atoms with Crippen molar-refractivity contribution in [2.45, 2.75) is 45.1 Å². The van der Waals surface area contributed by atoms with E-state index in [2.05, 4.69) is 15.6 Å². The third kappa shape index (κ3) is 4.59. The van der Waals surface area contributed by atoms with Crippen molar-refractivity contribution in [3.05, 3.63) is 0 Å². The highest BCUT2D eigenvalue weighted by molar-refractivity contribution is 5.85. The summed E-state index contributed by atoms with van der Waals surface area (Å²) in [5.74, 6) is 0.344. The fourth-order valence-corrected chi connectivity index (χ4v) is 2.50. The Morgan fingerprint density at radius 3 is 2.89 bits per heavy atom. The lowest BCUT2D eigenvalue weighted by molar-refractivity contribution is -0.125. The molecule has 1 aliphatic rings. The Kier molecular flexibility index (Phi) is 6.41. The van der Waals surface area contributed by atoms with Crippen molar-refractivity contribution in [2.24, 2.45) is 33.6 Å². The van der Waals surface area contributed by atoms with E-state index in [0.29, 0.717) is 12.4 Å². The van der Waals surface area contributed by atoms with Crippen LogP contribution in [0.5, 0.6) is 0 Å². The summed E-state index contributed by atoms with van der Waals surface area (Å²) in [4.78, 5) is 12.0. The Balaban J connectivity index is 2.53. The van der Waals surface area contributed by atoms with Crippen LogP contribution in [0, 0.1) is 17.4 Å². The molecule has 6 N–H and O–H groups in total. The molecule has 1 aliphatic carbocycles. The highest BCUT2D eigenvalue weighted by Gasteiger charge is 2.32. The summed E-state index contributed by atoms with van der Waals surface area (Å²) in [5, 5.41) is 9.57. The van der Waals surface area contributed by atoms with Crippen LogP contribution >= 0.6 is 0 Å². The average molecular weight is 268 g/mol.